The van der Waals surface area contributed by atoms with Gasteiger partial charge < -0.3 is 9.84 Å². The number of benzene rings is 2. The van der Waals surface area contributed by atoms with Gasteiger partial charge in [0.05, 0.1) is 17.6 Å². The first-order chi connectivity index (χ1) is 13.7. The third-order valence-electron chi connectivity index (χ3n) is 3.89. The zero-order valence-corrected chi connectivity index (χ0v) is 15.6. The summed E-state index contributed by atoms with van der Waals surface area (Å²) in [6.07, 6.45) is -3.07. The first-order valence-electron chi connectivity index (χ1n) is 8.13. The molecule has 29 heavy (non-hydrogen) atoms. The van der Waals surface area contributed by atoms with E-state index in [0.717, 1.165) is 31.0 Å². The molecule has 0 radical (unpaired) electrons. The highest BCUT2D eigenvalue weighted by Gasteiger charge is 2.33. The molecule has 1 heterocycles. The van der Waals surface area contributed by atoms with Gasteiger partial charge in [-0.15, -0.1) is 0 Å². The average molecular weight is 423 g/mol. The van der Waals surface area contributed by atoms with Gasteiger partial charge in [-0.2, -0.15) is 13.2 Å². The molecule has 0 atom stereocenters. The van der Waals surface area contributed by atoms with Gasteiger partial charge in [0.15, 0.2) is 0 Å². The number of hydrogen-bond donors (Lipinski definition) is 1. The molecule has 3 rings (SSSR count). The van der Waals surface area contributed by atoms with Crippen LogP contribution in [0.3, 0.4) is 0 Å². The minimum absolute atomic E-state index is 0.0117. The van der Waals surface area contributed by atoms with Gasteiger partial charge in [0.2, 0.25) is 0 Å². The van der Waals surface area contributed by atoms with Gasteiger partial charge in [-0.3, -0.25) is 0 Å². The minimum atomic E-state index is -4.46. The third kappa shape index (κ3) is 4.51. The second-order valence-electron chi connectivity index (χ2n) is 5.81. The Bertz CT molecular complexity index is 1040. The molecule has 4 nitrogen and oxygen atoms in total. The van der Waals surface area contributed by atoms with Gasteiger partial charge in [0.25, 0.3) is 0 Å². The molecular weight excluding hydrogens is 410 g/mol. The van der Waals surface area contributed by atoms with E-state index in [-0.39, 0.29) is 21.2 Å². The van der Waals surface area contributed by atoms with Crippen molar-refractivity contribution >= 4 is 34.5 Å². The summed E-state index contributed by atoms with van der Waals surface area (Å²) < 4.78 is 56.6. The van der Waals surface area contributed by atoms with Crippen molar-refractivity contribution in [3.8, 4) is 0 Å². The van der Waals surface area contributed by atoms with Gasteiger partial charge >= 0.3 is 12.1 Å². The summed E-state index contributed by atoms with van der Waals surface area (Å²) in [5.74, 6) is -1.94. The smallest absolute Gasteiger partial charge is 0.416 e. The highest BCUT2D eigenvalue weighted by atomic mass is 32.2. The standard InChI is InChI=1S/C20H13F4NO3S/c1-28-19(27)16-17(26)15(10-11-6-8-12(9-7-11)20(22,23)24)29-18(16)25-14-5-3-2-4-13(14)21/h2-10,26H,1H3/b15-10-,25-18?. The van der Waals surface area contributed by atoms with Crippen LogP contribution in [0.15, 0.2) is 69.8 Å². The highest BCUT2D eigenvalue weighted by molar-refractivity contribution is 8.18. The van der Waals surface area contributed by atoms with Gasteiger partial charge in [0, 0.05) is 0 Å². The number of nitrogens with zero attached hydrogens (tertiary/aromatic N) is 1. The summed E-state index contributed by atoms with van der Waals surface area (Å²) >= 11 is 0.876. The van der Waals surface area contributed by atoms with E-state index in [4.69, 9.17) is 0 Å². The fourth-order valence-electron chi connectivity index (χ4n) is 2.46. The van der Waals surface area contributed by atoms with Crippen molar-refractivity contribution in [3.63, 3.8) is 0 Å². The quantitative estimate of drug-likeness (QED) is 0.512. The van der Waals surface area contributed by atoms with Gasteiger partial charge in [-0.05, 0) is 35.9 Å². The number of rotatable bonds is 3. The molecule has 0 unspecified atom stereocenters. The van der Waals surface area contributed by atoms with Crippen molar-refractivity contribution in [1.29, 1.82) is 0 Å². The van der Waals surface area contributed by atoms with Crippen LogP contribution in [0, 0.1) is 5.82 Å². The SMILES string of the molecule is COC(=O)C1=C(O)/C(=C/c2ccc(C(F)(F)F)cc2)SC1=Nc1ccccc1F. The van der Waals surface area contributed by atoms with Gasteiger partial charge in [0.1, 0.15) is 27.9 Å². The fraction of sp³-hybridized carbons (Fsp3) is 0.100. The molecule has 2 aromatic rings. The number of alkyl halides is 3. The van der Waals surface area contributed by atoms with Crippen molar-refractivity contribution < 1.29 is 32.2 Å². The number of thioether (sulfide) groups is 1. The van der Waals surface area contributed by atoms with Crippen LogP contribution < -0.4 is 0 Å². The van der Waals surface area contributed by atoms with E-state index < -0.39 is 29.3 Å². The lowest BCUT2D eigenvalue weighted by Crippen LogP contribution is -2.10. The number of methoxy groups -OCH3 is 1. The van der Waals surface area contributed by atoms with Crippen LogP contribution in [-0.4, -0.2) is 23.2 Å². The van der Waals surface area contributed by atoms with Gasteiger partial charge in [-0.25, -0.2) is 14.2 Å². The Hall–Kier alpha value is -3.07. The van der Waals surface area contributed by atoms with Gasteiger partial charge in [-0.1, -0.05) is 36.0 Å². The number of aliphatic imine (C=N–C) groups is 1. The lowest BCUT2D eigenvalue weighted by atomic mass is 10.1. The van der Waals surface area contributed by atoms with Crippen LogP contribution in [0.4, 0.5) is 23.2 Å². The molecule has 1 N–H and O–H groups in total. The maximum absolute atomic E-state index is 13.9. The van der Waals surface area contributed by atoms with E-state index in [9.17, 15) is 27.5 Å². The molecule has 1 aliphatic rings. The normalized spacial score (nSPS) is 17.3. The number of aliphatic hydroxyl groups excluding tert-OH is 1. The Labute approximate surface area is 167 Å². The predicted octanol–water partition coefficient (Wildman–Crippen LogP) is 5.65. The van der Waals surface area contributed by atoms with Crippen LogP contribution in [0.2, 0.25) is 0 Å². The molecule has 0 saturated carbocycles. The van der Waals surface area contributed by atoms with Crippen LogP contribution in [0.25, 0.3) is 6.08 Å². The topological polar surface area (TPSA) is 58.9 Å². The molecule has 0 bridgehead atoms. The van der Waals surface area contributed by atoms with E-state index in [0.29, 0.717) is 5.56 Å². The number of carbonyl (C=O) groups excluding carboxylic acids is 1. The number of aliphatic hydroxyl groups is 1. The second kappa shape index (κ2) is 8.12. The van der Waals surface area contributed by atoms with E-state index in [1.807, 2.05) is 0 Å². The zero-order chi connectivity index (χ0) is 21.2. The summed E-state index contributed by atoms with van der Waals surface area (Å²) in [6, 6.07) is 9.89. The molecule has 0 fully saturated rings. The highest BCUT2D eigenvalue weighted by Crippen LogP contribution is 2.40. The maximum atomic E-state index is 13.9. The number of para-hydroxylation sites is 1. The van der Waals surface area contributed by atoms with Crippen molar-refractivity contribution in [3.05, 3.63) is 81.7 Å². The number of halogens is 4. The summed E-state index contributed by atoms with van der Waals surface area (Å²) in [5, 5.41) is 10.5. The Morgan fingerprint density at radius 1 is 1.14 bits per heavy atom. The van der Waals surface area contributed by atoms with Crippen LogP contribution in [-0.2, 0) is 15.7 Å². The van der Waals surface area contributed by atoms with Crippen molar-refractivity contribution in [2.45, 2.75) is 6.18 Å². The molecule has 9 heteroatoms. The van der Waals surface area contributed by atoms with E-state index in [1.54, 1.807) is 6.07 Å². The second-order valence-corrected chi connectivity index (χ2v) is 6.84. The lowest BCUT2D eigenvalue weighted by Gasteiger charge is -2.06. The maximum Gasteiger partial charge on any atom is 0.416 e. The van der Waals surface area contributed by atoms with Crippen molar-refractivity contribution in [2.75, 3.05) is 7.11 Å². The Morgan fingerprint density at radius 3 is 2.38 bits per heavy atom. The Kier molecular flexibility index (Phi) is 5.78. The Morgan fingerprint density at radius 2 is 1.79 bits per heavy atom. The molecule has 0 spiro atoms. The average Bonchev–Trinajstić information content (AvgIpc) is 2.98. The minimum Gasteiger partial charge on any atom is -0.506 e. The number of esters is 1. The monoisotopic (exact) mass is 423 g/mol. The van der Waals surface area contributed by atoms with Crippen LogP contribution >= 0.6 is 11.8 Å². The summed E-state index contributed by atoms with van der Waals surface area (Å²) in [4.78, 5) is 16.3. The van der Waals surface area contributed by atoms with E-state index >= 15 is 0 Å². The van der Waals surface area contributed by atoms with Crippen LogP contribution in [0.1, 0.15) is 11.1 Å². The molecule has 150 valence electrons. The predicted molar refractivity (Wildman–Crippen MR) is 102 cm³/mol. The largest absolute Gasteiger partial charge is 0.506 e. The fourth-order valence-corrected chi connectivity index (χ4v) is 3.49. The molecule has 2 aromatic carbocycles. The molecule has 0 saturated heterocycles. The first-order valence-corrected chi connectivity index (χ1v) is 8.94. The van der Waals surface area contributed by atoms with Crippen LogP contribution in [0.5, 0.6) is 0 Å². The van der Waals surface area contributed by atoms with Crippen molar-refractivity contribution in [1.82, 2.24) is 0 Å². The molecule has 1 aliphatic heterocycles. The molecular formula is C20H13F4NO3S. The van der Waals surface area contributed by atoms with E-state index in [1.165, 1.54) is 36.4 Å². The zero-order valence-electron chi connectivity index (χ0n) is 14.8. The molecule has 0 amide bonds. The Balaban J connectivity index is 2.01. The number of ether oxygens (including phenoxy) is 1. The van der Waals surface area contributed by atoms with Crippen molar-refractivity contribution in [2.24, 2.45) is 4.99 Å². The first kappa shape index (κ1) is 20.7. The third-order valence-corrected chi connectivity index (χ3v) is 4.91. The van der Waals surface area contributed by atoms with E-state index in [2.05, 4.69) is 9.73 Å². The summed E-state index contributed by atoms with van der Waals surface area (Å²) in [6.45, 7) is 0. The summed E-state index contributed by atoms with van der Waals surface area (Å²) in [5.41, 5.74) is -0.738. The number of hydrogen-bond acceptors (Lipinski definition) is 5. The number of carbonyl (C=O) groups is 1. The molecule has 0 aliphatic carbocycles. The molecule has 0 aromatic heterocycles. The lowest BCUT2D eigenvalue weighted by molar-refractivity contribution is -0.137. The summed E-state index contributed by atoms with van der Waals surface area (Å²) in [7, 11) is 1.12.